The van der Waals surface area contributed by atoms with E-state index < -0.39 is 5.97 Å². The highest BCUT2D eigenvalue weighted by molar-refractivity contribution is 5.92. The minimum atomic E-state index is -0.711. The van der Waals surface area contributed by atoms with Gasteiger partial charge in [-0.05, 0) is 42.9 Å². The van der Waals surface area contributed by atoms with Crippen molar-refractivity contribution in [2.75, 3.05) is 13.1 Å². The molecule has 1 unspecified atom stereocenters. The minimum absolute atomic E-state index is 0.0890. The standard InChI is InChI=1S/C20H20N2O4/c23-18(22-10-7-20(8-11-22)13-16(20)19(24)25)17-12-15(6-9-21-17)26-14-4-2-1-3-5-14/h1-6,9,12,16H,7-8,10-11,13H2,(H,24,25). The molecule has 1 aliphatic carbocycles. The molecule has 6 heteroatoms. The summed E-state index contributed by atoms with van der Waals surface area (Å²) in [6.45, 7) is 1.15. The molecule has 2 fully saturated rings. The zero-order valence-electron chi connectivity index (χ0n) is 14.3. The maximum atomic E-state index is 12.7. The average Bonchev–Trinajstić information content (AvgIpc) is 3.37. The van der Waals surface area contributed by atoms with Crippen molar-refractivity contribution in [3.63, 3.8) is 0 Å². The first-order chi connectivity index (χ1) is 12.6. The number of aliphatic carboxylic acids is 1. The van der Waals surface area contributed by atoms with Gasteiger partial charge in [-0.2, -0.15) is 0 Å². The second-order valence-corrected chi connectivity index (χ2v) is 7.04. The third-order valence-corrected chi connectivity index (χ3v) is 5.46. The molecule has 1 aromatic heterocycles. The highest BCUT2D eigenvalue weighted by atomic mass is 16.5. The van der Waals surface area contributed by atoms with Crippen LogP contribution < -0.4 is 4.74 Å². The number of benzene rings is 1. The van der Waals surface area contributed by atoms with Gasteiger partial charge in [0.25, 0.3) is 5.91 Å². The van der Waals surface area contributed by atoms with Gasteiger partial charge in [0.2, 0.25) is 0 Å². The number of hydrogen-bond donors (Lipinski definition) is 1. The summed E-state index contributed by atoms with van der Waals surface area (Å²) in [6.07, 6.45) is 3.80. The van der Waals surface area contributed by atoms with Crippen LogP contribution in [0.2, 0.25) is 0 Å². The van der Waals surface area contributed by atoms with Crippen molar-refractivity contribution >= 4 is 11.9 Å². The summed E-state index contributed by atoms with van der Waals surface area (Å²) in [6, 6.07) is 12.7. The molecule has 1 atom stereocenters. The molecule has 0 bridgehead atoms. The van der Waals surface area contributed by atoms with Crippen LogP contribution in [0.15, 0.2) is 48.7 Å². The van der Waals surface area contributed by atoms with Gasteiger partial charge in [0.05, 0.1) is 5.92 Å². The Morgan fingerprint density at radius 1 is 1.12 bits per heavy atom. The van der Waals surface area contributed by atoms with E-state index in [4.69, 9.17) is 4.74 Å². The van der Waals surface area contributed by atoms with E-state index in [1.807, 2.05) is 30.3 Å². The summed E-state index contributed by atoms with van der Waals surface area (Å²) < 4.78 is 5.76. The summed E-state index contributed by atoms with van der Waals surface area (Å²) in [5.41, 5.74) is 0.258. The maximum absolute atomic E-state index is 12.7. The fraction of sp³-hybridized carbons (Fsp3) is 0.350. The van der Waals surface area contributed by atoms with Crippen LogP contribution in [-0.2, 0) is 4.79 Å². The van der Waals surface area contributed by atoms with Crippen LogP contribution in [0.1, 0.15) is 29.8 Å². The summed E-state index contributed by atoms with van der Waals surface area (Å²) in [5.74, 6) is 0.185. The third kappa shape index (κ3) is 3.14. The minimum Gasteiger partial charge on any atom is -0.481 e. The Balaban J connectivity index is 1.41. The number of ether oxygens (including phenoxy) is 1. The molecule has 1 N–H and O–H groups in total. The number of nitrogens with zero attached hydrogens (tertiary/aromatic N) is 2. The lowest BCUT2D eigenvalue weighted by molar-refractivity contribution is -0.139. The summed E-state index contributed by atoms with van der Waals surface area (Å²) in [7, 11) is 0. The first-order valence-electron chi connectivity index (χ1n) is 8.78. The van der Waals surface area contributed by atoms with Crippen LogP contribution in [0.4, 0.5) is 0 Å². The van der Waals surface area contributed by atoms with Crippen molar-refractivity contribution in [2.45, 2.75) is 19.3 Å². The van der Waals surface area contributed by atoms with Crippen molar-refractivity contribution in [2.24, 2.45) is 11.3 Å². The van der Waals surface area contributed by atoms with Crippen molar-refractivity contribution in [3.05, 3.63) is 54.4 Å². The number of piperidine rings is 1. The average molecular weight is 352 g/mol. The van der Waals surface area contributed by atoms with Crippen LogP contribution in [0.3, 0.4) is 0 Å². The molecular weight excluding hydrogens is 332 g/mol. The Kier molecular flexibility index (Phi) is 4.11. The van der Waals surface area contributed by atoms with Gasteiger partial charge < -0.3 is 14.7 Å². The molecule has 1 saturated carbocycles. The van der Waals surface area contributed by atoms with Crippen LogP contribution in [-0.4, -0.2) is 40.0 Å². The Morgan fingerprint density at radius 3 is 2.50 bits per heavy atom. The van der Waals surface area contributed by atoms with E-state index in [9.17, 15) is 14.7 Å². The normalized spacial score (nSPS) is 20.6. The van der Waals surface area contributed by atoms with Crippen LogP contribution in [0.5, 0.6) is 11.5 Å². The first kappa shape index (κ1) is 16.6. The lowest BCUT2D eigenvalue weighted by atomic mass is 9.90. The Labute approximate surface area is 151 Å². The zero-order valence-corrected chi connectivity index (χ0v) is 14.3. The van der Waals surface area contributed by atoms with Crippen molar-refractivity contribution in [1.29, 1.82) is 0 Å². The van der Waals surface area contributed by atoms with Crippen LogP contribution in [0.25, 0.3) is 0 Å². The number of aromatic nitrogens is 1. The molecule has 1 aliphatic heterocycles. The summed E-state index contributed by atoms with van der Waals surface area (Å²) >= 11 is 0. The fourth-order valence-corrected chi connectivity index (χ4v) is 3.78. The lowest BCUT2D eigenvalue weighted by Gasteiger charge is -2.32. The molecule has 2 aromatic rings. The summed E-state index contributed by atoms with van der Waals surface area (Å²) in [5, 5.41) is 9.17. The number of hydrogen-bond acceptors (Lipinski definition) is 4. The zero-order chi connectivity index (χ0) is 18.1. The highest BCUT2D eigenvalue weighted by Crippen LogP contribution is 2.59. The number of amides is 1. The number of para-hydroxylation sites is 1. The highest BCUT2D eigenvalue weighted by Gasteiger charge is 2.59. The third-order valence-electron chi connectivity index (χ3n) is 5.46. The maximum Gasteiger partial charge on any atom is 0.307 e. The second-order valence-electron chi connectivity index (χ2n) is 7.04. The predicted octanol–water partition coefficient (Wildman–Crippen LogP) is 3.20. The Morgan fingerprint density at radius 2 is 1.85 bits per heavy atom. The van der Waals surface area contributed by atoms with Crippen LogP contribution in [0, 0.1) is 11.3 Å². The molecule has 2 aliphatic rings. The smallest absolute Gasteiger partial charge is 0.307 e. The van der Waals surface area contributed by atoms with E-state index in [1.165, 1.54) is 0 Å². The summed E-state index contributed by atoms with van der Waals surface area (Å²) in [4.78, 5) is 29.8. The quantitative estimate of drug-likeness (QED) is 0.914. The predicted molar refractivity (Wildman–Crippen MR) is 94.1 cm³/mol. The number of carboxylic acids is 1. The first-order valence-corrected chi connectivity index (χ1v) is 8.78. The van der Waals surface area contributed by atoms with E-state index in [0.717, 1.165) is 19.3 Å². The van der Waals surface area contributed by atoms with Gasteiger partial charge in [-0.25, -0.2) is 0 Å². The molecule has 134 valence electrons. The molecule has 1 spiro atoms. The van der Waals surface area contributed by atoms with Crippen molar-refractivity contribution in [3.8, 4) is 11.5 Å². The van der Waals surface area contributed by atoms with E-state index >= 15 is 0 Å². The molecule has 2 heterocycles. The molecule has 4 rings (SSSR count). The number of carbonyl (C=O) groups excluding carboxylic acids is 1. The molecule has 0 radical (unpaired) electrons. The molecule has 6 nitrogen and oxygen atoms in total. The van der Waals surface area contributed by atoms with Gasteiger partial charge in [0.1, 0.15) is 17.2 Å². The van der Waals surface area contributed by atoms with Gasteiger partial charge in [0, 0.05) is 25.4 Å². The van der Waals surface area contributed by atoms with E-state index in [0.29, 0.717) is 30.3 Å². The number of rotatable bonds is 4. The number of carbonyl (C=O) groups is 2. The Hall–Kier alpha value is -2.89. The van der Waals surface area contributed by atoms with Gasteiger partial charge in [-0.15, -0.1) is 0 Å². The topological polar surface area (TPSA) is 79.7 Å². The second kappa shape index (κ2) is 6.44. The number of likely N-dealkylation sites (tertiary alicyclic amines) is 1. The molecule has 26 heavy (non-hydrogen) atoms. The molecule has 1 aromatic carbocycles. The molecular formula is C20H20N2O4. The van der Waals surface area contributed by atoms with Gasteiger partial charge in [-0.1, -0.05) is 18.2 Å². The monoisotopic (exact) mass is 352 g/mol. The van der Waals surface area contributed by atoms with Gasteiger partial charge >= 0.3 is 5.97 Å². The molecule has 1 amide bonds. The Bertz CT molecular complexity index is 829. The van der Waals surface area contributed by atoms with Crippen molar-refractivity contribution < 1.29 is 19.4 Å². The fourth-order valence-electron chi connectivity index (χ4n) is 3.78. The number of pyridine rings is 1. The lowest BCUT2D eigenvalue weighted by Crippen LogP contribution is -2.40. The van der Waals surface area contributed by atoms with E-state index in [-0.39, 0.29) is 17.2 Å². The largest absolute Gasteiger partial charge is 0.481 e. The van der Waals surface area contributed by atoms with E-state index in [1.54, 1.807) is 23.2 Å². The number of carboxylic acid groups (broad SMARTS) is 1. The van der Waals surface area contributed by atoms with Gasteiger partial charge in [0.15, 0.2) is 0 Å². The van der Waals surface area contributed by atoms with Crippen molar-refractivity contribution in [1.82, 2.24) is 9.88 Å². The SMILES string of the molecule is O=C(O)C1CC12CCN(C(=O)c1cc(Oc3ccccc3)ccn1)CC2. The van der Waals surface area contributed by atoms with Gasteiger partial charge in [-0.3, -0.25) is 14.6 Å². The molecule has 1 saturated heterocycles. The van der Waals surface area contributed by atoms with E-state index in [2.05, 4.69) is 4.98 Å². The van der Waals surface area contributed by atoms with Crippen LogP contribution >= 0.6 is 0 Å².